The van der Waals surface area contributed by atoms with Gasteiger partial charge >= 0.3 is 5.97 Å². The second-order valence-electron chi connectivity index (χ2n) is 4.35. The Balaban J connectivity index is 2.27. The molecule has 0 fully saturated rings. The molecule has 2 rings (SSSR count). The fourth-order valence-electron chi connectivity index (χ4n) is 1.92. The first-order valence-electron chi connectivity index (χ1n) is 6.04. The Morgan fingerprint density at radius 1 is 1.00 bits per heavy atom. The number of hydrogen-bond donors (Lipinski definition) is 0. The van der Waals surface area contributed by atoms with Gasteiger partial charge in [0.2, 0.25) is 0 Å². The molecule has 98 valence electrons. The molecule has 0 saturated heterocycles. The largest absolute Gasteiger partial charge is 0.497 e. The van der Waals surface area contributed by atoms with Crippen molar-refractivity contribution in [1.29, 1.82) is 0 Å². The number of hydrogen-bond acceptors (Lipinski definition) is 3. The van der Waals surface area contributed by atoms with Crippen molar-refractivity contribution < 1.29 is 14.3 Å². The quantitative estimate of drug-likeness (QED) is 0.622. The molecule has 0 amide bonds. The number of carbonyl (C=O) groups is 1. The standard InChI is InChI=1S/C16H16O3/c1-11-9-14(18-3)10-12(2)15(11)19-16(17)13-7-5-4-6-8-13/h4-10H,1-3H3. The van der Waals surface area contributed by atoms with E-state index < -0.39 is 0 Å². The molecule has 0 spiro atoms. The van der Waals surface area contributed by atoms with Crippen LogP contribution in [0.3, 0.4) is 0 Å². The summed E-state index contributed by atoms with van der Waals surface area (Å²) in [6.45, 7) is 3.78. The minimum Gasteiger partial charge on any atom is -0.497 e. The molecule has 0 N–H and O–H groups in total. The summed E-state index contributed by atoms with van der Waals surface area (Å²) < 4.78 is 10.6. The Kier molecular flexibility index (Phi) is 3.85. The molecular formula is C16H16O3. The van der Waals surface area contributed by atoms with E-state index >= 15 is 0 Å². The van der Waals surface area contributed by atoms with Crippen LogP contribution in [-0.2, 0) is 0 Å². The van der Waals surface area contributed by atoms with Gasteiger partial charge in [0.25, 0.3) is 0 Å². The summed E-state index contributed by atoms with van der Waals surface area (Å²) in [6, 6.07) is 12.6. The first-order valence-corrected chi connectivity index (χ1v) is 6.04. The zero-order chi connectivity index (χ0) is 13.8. The predicted octanol–water partition coefficient (Wildman–Crippen LogP) is 3.53. The van der Waals surface area contributed by atoms with Gasteiger partial charge in [-0.3, -0.25) is 0 Å². The zero-order valence-electron chi connectivity index (χ0n) is 11.3. The van der Waals surface area contributed by atoms with Crippen LogP contribution in [0.25, 0.3) is 0 Å². The number of ether oxygens (including phenoxy) is 2. The van der Waals surface area contributed by atoms with Crippen molar-refractivity contribution in [2.75, 3.05) is 7.11 Å². The lowest BCUT2D eigenvalue weighted by Gasteiger charge is -2.12. The van der Waals surface area contributed by atoms with Gasteiger partial charge in [0.15, 0.2) is 0 Å². The van der Waals surface area contributed by atoms with Gasteiger partial charge in [0.05, 0.1) is 12.7 Å². The van der Waals surface area contributed by atoms with E-state index in [0.717, 1.165) is 16.9 Å². The van der Waals surface area contributed by atoms with Crippen LogP contribution in [0, 0.1) is 13.8 Å². The molecule has 0 aliphatic carbocycles. The van der Waals surface area contributed by atoms with Crippen LogP contribution in [0.5, 0.6) is 11.5 Å². The highest BCUT2D eigenvalue weighted by atomic mass is 16.5. The molecule has 2 aromatic rings. The smallest absolute Gasteiger partial charge is 0.343 e. The van der Waals surface area contributed by atoms with Crippen LogP contribution < -0.4 is 9.47 Å². The fourth-order valence-corrected chi connectivity index (χ4v) is 1.92. The van der Waals surface area contributed by atoms with Crippen molar-refractivity contribution in [2.45, 2.75) is 13.8 Å². The third-order valence-electron chi connectivity index (χ3n) is 2.87. The topological polar surface area (TPSA) is 35.5 Å². The molecule has 0 radical (unpaired) electrons. The predicted molar refractivity (Wildman–Crippen MR) is 73.9 cm³/mol. The lowest BCUT2D eigenvalue weighted by atomic mass is 10.1. The Labute approximate surface area is 112 Å². The van der Waals surface area contributed by atoms with Crippen molar-refractivity contribution in [3.63, 3.8) is 0 Å². The van der Waals surface area contributed by atoms with Gasteiger partial charge in [-0.2, -0.15) is 0 Å². The summed E-state index contributed by atoms with van der Waals surface area (Å²) in [6.07, 6.45) is 0. The molecule has 0 atom stereocenters. The van der Waals surface area contributed by atoms with E-state index in [1.54, 1.807) is 19.2 Å². The second kappa shape index (κ2) is 5.57. The lowest BCUT2D eigenvalue weighted by Crippen LogP contribution is -2.10. The van der Waals surface area contributed by atoms with Gasteiger partial charge in [-0.1, -0.05) is 18.2 Å². The van der Waals surface area contributed by atoms with Crippen LogP contribution in [0.4, 0.5) is 0 Å². The van der Waals surface area contributed by atoms with Gasteiger partial charge in [0, 0.05) is 0 Å². The van der Waals surface area contributed by atoms with Gasteiger partial charge in [-0.05, 0) is 49.2 Å². The monoisotopic (exact) mass is 256 g/mol. The van der Waals surface area contributed by atoms with Crippen LogP contribution in [-0.4, -0.2) is 13.1 Å². The van der Waals surface area contributed by atoms with Gasteiger partial charge < -0.3 is 9.47 Å². The SMILES string of the molecule is COc1cc(C)c(OC(=O)c2ccccc2)c(C)c1. The third-order valence-corrected chi connectivity index (χ3v) is 2.87. The minimum atomic E-state index is -0.350. The highest BCUT2D eigenvalue weighted by molar-refractivity contribution is 5.91. The van der Waals surface area contributed by atoms with Gasteiger partial charge in [0.1, 0.15) is 11.5 Å². The van der Waals surface area contributed by atoms with Crippen LogP contribution in [0.15, 0.2) is 42.5 Å². The first kappa shape index (κ1) is 13.1. The molecule has 0 saturated carbocycles. The number of esters is 1. The van der Waals surface area contributed by atoms with Crippen molar-refractivity contribution in [3.8, 4) is 11.5 Å². The van der Waals surface area contributed by atoms with Crippen LogP contribution >= 0.6 is 0 Å². The maximum Gasteiger partial charge on any atom is 0.343 e. The Bertz CT molecular complexity index is 565. The lowest BCUT2D eigenvalue weighted by molar-refractivity contribution is 0.0732. The van der Waals surface area contributed by atoms with Crippen molar-refractivity contribution in [3.05, 3.63) is 59.2 Å². The summed E-state index contributed by atoms with van der Waals surface area (Å²) in [5, 5.41) is 0. The number of methoxy groups -OCH3 is 1. The second-order valence-corrected chi connectivity index (χ2v) is 4.35. The van der Waals surface area contributed by atoms with Crippen molar-refractivity contribution in [1.82, 2.24) is 0 Å². The summed E-state index contributed by atoms with van der Waals surface area (Å²) in [4.78, 5) is 12.0. The van der Waals surface area contributed by atoms with E-state index in [-0.39, 0.29) is 5.97 Å². The molecule has 3 nitrogen and oxygen atoms in total. The summed E-state index contributed by atoms with van der Waals surface area (Å²) in [5.41, 5.74) is 2.29. The highest BCUT2D eigenvalue weighted by Gasteiger charge is 2.13. The first-order chi connectivity index (χ1) is 9.11. The maximum atomic E-state index is 12.0. The fraction of sp³-hybridized carbons (Fsp3) is 0.188. The molecule has 19 heavy (non-hydrogen) atoms. The number of rotatable bonds is 3. The molecule has 0 aromatic heterocycles. The summed E-state index contributed by atoms with van der Waals surface area (Å²) in [7, 11) is 1.61. The van der Waals surface area contributed by atoms with E-state index in [0.29, 0.717) is 11.3 Å². The van der Waals surface area contributed by atoms with E-state index in [2.05, 4.69) is 0 Å². The third kappa shape index (κ3) is 2.94. The van der Waals surface area contributed by atoms with Crippen molar-refractivity contribution in [2.24, 2.45) is 0 Å². The summed E-state index contributed by atoms with van der Waals surface area (Å²) in [5.74, 6) is 1.00. The average Bonchev–Trinajstić information content (AvgIpc) is 2.43. The Morgan fingerprint density at radius 2 is 1.58 bits per heavy atom. The molecule has 0 aliphatic heterocycles. The molecule has 0 bridgehead atoms. The van der Waals surface area contributed by atoms with E-state index in [1.807, 2.05) is 44.2 Å². The maximum absolute atomic E-state index is 12.0. The van der Waals surface area contributed by atoms with E-state index in [9.17, 15) is 4.79 Å². The molecule has 3 heteroatoms. The van der Waals surface area contributed by atoms with E-state index in [4.69, 9.17) is 9.47 Å². The van der Waals surface area contributed by atoms with Crippen LogP contribution in [0.1, 0.15) is 21.5 Å². The molecular weight excluding hydrogens is 240 g/mol. The van der Waals surface area contributed by atoms with Gasteiger partial charge in [-0.25, -0.2) is 4.79 Å². The van der Waals surface area contributed by atoms with Crippen molar-refractivity contribution >= 4 is 5.97 Å². The summed E-state index contributed by atoms with van der Waals surface area (Å²) >= 11 is 0. The molecule has 0 unspecified atom stereocenters. The average molecular weight is 256 g/mol. The molecule has 2 aromatic carbocycles. The number of carbonyl (C=O) groups excluding carboxylic acids is 1. The normalized spacial score (nSPS) is 10.1. The van der Waals surface area contributed by atoms with Gasteiger partial charge in [-0.15, -0.1) is 0 Å². The number of benzene rings is 2. The minimum absolute atomic E-state index is 0.350. The molecule has 0 aliphatic rings. The van der Waals surface area contributed by atoms with Crippen LogP contribution in [0.2, 0.25) is 0 Å². The zero-order valence-corrected chi connectivity index (χ0v) is 11.3. The number of aryl methyl sites for hydroxylation is 2. The Hall–Kier alpha value is -2.29. The Morgan fingerprint density at radius 3 is 2.11 bits per heavy atom. The molecule has 0 heterocycles. The highest BCUT2D eigenvalue weighted by Crippen LogP contribution is 2.28. The van der Waals surface area contributed by atoms with E-state index in [1.165, 1.54) is 0 Å².